The predicted octanol–water partition coefficient (Wildman–Crippen LogP) is 3.13. The molecule has 2 aliphatic carbocycles. The maximum absolute atomic E-state index is 12.5. The van der Waals surface area contributed by atoms with Gasteiger partial charge < -0.3 is 14.8 Å². The largest absolute Gasteiger partial charge is 0.458 e. The van der Waals surface area contributed by atoms with Crippen molar-refractivity contribution in [2.45, 2.75) is 65.7 Å². The summed E-state index contributed by atoms with van der Waals surface area (Å²) in [6, 6.07) is 0.0946. The van der Waals surface area contributed by atoms with Crippen LogP contribution in [0, 0.1) is 11.3 Å². The number of hydrogen-bond acceptors (Lipinski definition) is 4. The molecule has 4 aliphatic rings. The minimum Gasteiger partial charge on any atom is -0.458 e. The van der Waals surface area contributed by atoms with Crippen LogP contribution in [-0.2, 0) is 19.1 Å². The van der Waals surface area contributed by atoms with Crippen LogP contribution in [0.4, 0.5) is 0 Å². The van der Waals surface area contributed by atoms with Gasteiger partial charge in [-0.2, -0.15) is 0 Å². The molecular formula is C20H25NO4. The first-order valence-electron chi connectivity index (χ1n) is 9.07. The first-order valence-corrected chi connectivity index (χ1v) is 9.07. The molecule has 134 valence electrons. The highest BCUT2D eigenvalue weighted by atomic mass is 16.7. The Morgan fingerprint density at radius 1 is 1.28 bits per heavy atom. The molecule has 0 radical (unpaired) electrons. The van der Waals surface area contributed by atoms with E-state index < -0.39 is 6.29 Å². The molecule has 3 atom stereocenters. The highest BCUT2D eigenvalue weighted by molar-refractivity contribution is 5.97. The molecule has 0 spiro atoms. The van der Waals surface area contributed by atoms with Crippen molar-refractivity contribution in [1.29, 1.82) is 0 Å². The van der Waals surface area contributed by atoms with Gasteiger partial charge in [0.2, 0.25) is 0 Å². The standard InChI is InChI=1S/C20H25NO4/c1-10-11(2)19(25-18(10)23)24-9-14-13-8-12-6-5-7-20(3,4)15(12)16(13)21-17(14)22/h9,13,16,19H,5-8H2,1-4H3,(H,21,22)/b14-9+. The molecule has 0 bridgehead atoms. The highest BCUT2D eigenvalue weighted by Gasteiger charge is 2.50. The van der Waals surface area contributed by atoms with E-state index in [9.17, 15) is 9.59 Å². The molecule has 5 nitrogen and oxygen atoms in total. The Balaban J connectivity index is 1.56. The Kier molecular flexibility index (Phi) is 3.60. The number of carbonyl (C=O) groups is 2. The summed E-state index contributed by atoms with van der Waals surface area (Å²) in [6.07, 6.45) is 5.25. The van der Waals surface area contributed by atoms with Crippen molar-refractivity contribution >= 4 is 11.9 Å². The van der Waals surface area contributed by atoms with Gasteiger partial charge in [-0.15, -0.1) is 0 Å². The average Bonchev–Trinajstić information content (AvgIpc) is 3.12. The van der Waals surface area contributed by atoms with Crippen LogP contribution in [0.15, 0.2) is 34.1 Å². The van der Waals surface area contributed by atoms with Crippen LogP contribution in [0.25, 0.3) is 0 Å². The van der Waals surface area contributed by atoms with Gasteiger partial charge in [-0.25, -0.2) is 4.79 Å². The molecule has 25 heavy (non-hydrogen) atoms. The molecule has 2 heterocycles. The smallest absolute Gasteiger partial charge is 0.337 e. The third kappa shape index (κ3) is 2.43. The van der Waals surface area contributed by atoms with Gasteiger partial charge in [0.05, 0.1) is 17.9 Å². The number of cyclic esters (lactones) is 1. The van der Waals surface area contributed by atoms with Gasteiger partial charge in [-0.05, 0) is 50.5 Å². The van der Waals surface area contributed by atoms with Crippen LogP contribution in [0.1, 0.15) is 53.4 Å². The Morgan fingerprint density at radius 3 is 2.72 bits per heavy atom. The van der Waals surface area contributed by atoms with Gasteiger partial charge in [0.1, 0.15) is 0 Å². The fourth-order valence-corrected chi connectivity index (χ4v) is 4.80. The van der Waals surface area contributed by atoms with Crippen LogP contribution in [-0.4, -0.2) is 24.2 Å². The molecule has 0 aromatic rings. The lowest BCUT2D eigenvalue weighted by atomic mass is 9.72. The Labute approximate surface area is 148 Å². The van der Waals surface area contributed by atoms with Crippen molar-refractivity contribution in [1.82, 2.24) is 5.32 Å². The maximum Gasteiger partial charge on any atom is 0.337 e. The predicted molar refractivity (Wildman–Crippen MR) is 92.1 cm³/mol. The Hall–Kier alpha value is -2.04. The van der Waals surface area contributed by atoms with Crippen LogP contribution >= 0.6 is 0 Å². The van der Waals surface area contributed by atoms with Gasteiger partial charge in [0, 0.05) is 17.1 Å². The third-order valence-electron chi connectivity index (χ3n) is 6.30. The van der Waals surface area contributed by atoms with Gasteiger partial charge in [0.15, 0.2) is 0 Å². The van der Waals surface area contributed by atoms with Crippen molar-refractivity contribution in [2.75, 3.05) is 0 Å². The molecule has 1 saturated heterocycles. The maximum atomic E-state index is 12.5. The zero-order chi connectivity index (χ0) is 17.9. The van der Waals surface area contributed by atoms with Gasteiger partial charge >= 0.3 is 5.97 Å². The van der Waals surface area contributed by atoms with Crippen LogP contribution < -0.4 is 5.32 Å². The minimum absolute atomic E-state index is 0.0643. The van der Waals surface area contributed by atoms with Crippen molar-refractivity contribution < 1.29 is 19.1 Å². The lowest BCUT2D eigenvalue weighted by Gasteiger charge is -2.35. The van der Waals surface area contributed by atoms with E-state index in [-0.39, 0.29) is 29.3 Å². The molecule has 0 saturated carbocycles. The van der Waals surface area contributed by atoms with Crippen LogP contribution in [0.5, 0.6) is 0 Å². The molecule has 1 fully saturated rings. The summed E-state index contributed by atoms with van der Waals surface area (Å²) in [6.45, 7) is 8.11. The van der Waals surface area contributed by atoms with Crippen molar-refractivity contribution in [3.63, 3.8) is 0 Å². The van der Waals surface area contributed by atoms with E-state index in [1.807, 2.05) is 6.92 Å². The summed E-state index contributed by atoms with van der Waals surface area (Å²) in [5, 5.41) is 3.16. The second-order valence-electron chi connectivity index (χ2n) is 8.27. The first-order chi connectivity index (χ1) is 11.8. The van der Waals surface area contributed by atoms with E-state index >= 15 is 0 Å². The SMILES string of the molecule is CC1=C(C)C(O/C=C2/C(=O)NC3C4=C(CCCC4(C)C)CC23)OC1=O. The molecule has 1 N–H and O–H groups in total. The second kappa shape index (κ2) is 5.48. The zero-order valence-corrected chi connectivity index (χ0v) is 15.3. The number of carbonyl (C=O) groups excluding carboxylic acids is 2. The summed E-state index contributed by atoms with van der Waals surface area (Å²) in [4.78, 5) is 24.1. The molecule has 4 rings (SSSR count). The summed E-state index contributed by atoms with van der Waals surface area (Å²) in [5.74, 6) is -0.280. The highest BCUT2D eigenvalue weighted by Crippen LogP contribution is 2.53. The Morgan fingerprint density at radius 2 is 2.04 bits per heavy atom. The normalized spacial score (nSPS) is 35.0. The Bertz CT molecular complexity index is 756. The molecule has 1 amide bonds. The number of fused-ring (bicyclic) bond motifs is 2. The van der Waals surface area contributed by atoms with Gasteiger partial charge in [0.25, 0.3) is 12.2 Å². The van der Waals surface area contributed by atoms with Gasteiger partial charge in [-0.1, -0.05) is 19.4 Å². The summed E-state index contributed by atoms with van der Waals surface area (Å²) in [7, 11) is 0. The van der Waals surface area contributed by atoms with E-state index in [1.165, 1.54) is 30.2 Å². The average molecular weight is 343 g/mol. The molecule has 0 aromatic heterocycles. The topological polar surface area (TPSA) is 64.6 Å². The number of allylic oxidation sites excluding steroid dienone is 1. The van der Waals surface area contributed by atoms with E-state index in [0.29, 0.717) is 11.1 Å². The number of hydrogen-bond donors (Lipinski definition) is 1. The molecule has 2 aliphatic heterocycles. The van der Waals surface area contributed by atoms with Crippen molar-refractivity contribution in [3.8, 4) is 0 Å². The lowest BCUT2D eigenvalue weighted by Crippen LogP contribution is -2.35. The summed E-state index contributed by atoms with van der Waals surface area (Å²) in [5.41, 5.74) is 5.10. The number of amides is 1. The number of ether oxygens (including phenoxy) is 2. The van der Waals surface area contributed by atoms with E-state index in [4.69, 9.17) is 9.47 Å². The first kappa shape index (κ1) is 16.4. The number of esters is 1. The summed E-state index contributed by atoms with van der Waals surface area (Å²) >= 11 is 0. The number of nitrogens with one attached hydrogen (secondary N) is 1. The van der Waals surface area contributed by atoms with E-state index in [1.54, 1.807) is 6.92 Å². The van der Waals surface area contributed by atoms with Crippen molar-refractivity contribution in [3.05, 3.63) is 34.1 Å². The van der Waals surface area contributed by atoms with Gasteiger partial charge in [-0.3, -0.25) is 4.79 Å². The van der Waals surface area contributed by atoms with E-state index in [0.717, 1.165) is 18.4 Å². The molecule has 0 aromatic carbocycles. The van der Waals surface area contributed by atoms with Crippen LogP contribution in [0.3, 0.4) is 0 Å². The summed E-state index contributed by atoms with van der Waals surface area (Å²) < 4.78 is 10.9. The molecule has 3 unspecified atom stereocenters. The molecular weight excluding hydrogens is 318 g/mol. The molecule has 5 heteroatoms. The third-order valence-corrected chi connectivity index (χ3v) is 6.30. The zero-order valence-electron chi connectivity index (χ0n) is 15.3. The minimum atomic E-state index is -0.715. The second-order valence-corrected chi connectivity index (χ2v) is 8.27. The monoisotopic (exact) mass is 343 g/mol. The van der Waals surface area contributed by atoms with Crippen LogP contribution in [0.2, 0.25) is 0 Å². The number of rotatable bonds is 2. The lowest BCUT2D eigenvalue weighted by molar-refractivity contribution is -0.153. The van der Waals surface area contributed by atoms with Crippen molar-refractivity contribution in [2.24, 2.45) is 11.3 Å². The fourth-order valence-electron chi connectivity index (χ4n) is 4.80. The quantitative estimate of drug-likeness (QED) is 0.362. The van der Waals surface area contributed by atoms with E-state index in [2.05, 4.69) is 19.2 Å². The fraction of sp³-hybridized carbons (Fsp3) is 0.600.